The maximum Gasteiger partial charge on any atom is 0.255 e. The molecule has 9 heteroatoms. The molecule has 0 fully saturated rings. The summed E-state index contributed by atoms with van der Waals surface area (Å²) in [5.74, 6) is -5.35. The minimum atomic E-state index is -2.57. The highest BCUT2D eigenvalue weighted by molar-refractivity contribution is 6.24. The van der Waals surface area contributed by atoms with Gasteiger partial charge in [0.2, 0.25) is 5.78 Å². The molecule has 0 saturated heterocycles. The third kappa shape index (κ3) is 3.33. The monoisotopic (exact) mass is 470 g/mol. The van der Waals surface area contributed by atoms with Crippen LogP contribution >= 0.6 is 0 Å². The number of amides is 1. The smallest absolute Gasteiger partial charge is 0.255 e. The molecule has 9 nitrogen and oxygen atoms in total. The van der Waals surface area contributed by atoms with E-state index in [0.29, 0.717) is 24.3 Å². The average Bonchev–Trinajstić information content (AvgIpc) is 2.76. The molecule has 0 heterocycles. The number of hydrogen-bond acceptors (Lipinski definition) is 8. The number of allylic oxidation sites excluding steroid dienone is 1. The van der Waals surface area contributed by atoms with Crippen LogP contribution in [-0.2, 0) is 16.0 Å². The molecule has 4 atom stereocenters. The van der Waals surface area contributed by atoms with Crippen molar-refractivity contribution in [1.82, 2.24) is 4.90 Å². The highest BCUT2D eigenvalue weighted by Crippen LogP contribution is 2.52. The molecule has 0 bridgehead atoms. The van der Waals surface area contributed by atoms with Crippen LogP contribution in [0.3, 0.4) is 0 Å². The second-order valence-electron chi connectivity index (χ2n) is 9.46. The number of carbonyl (C=O) groups excluding carboxylic acids is 3. The Morgan fingerprint density at radius 3 is 2.59 bits per heavy atom. The van der Waals surface area contributed by atoms with E-state index >= 15 is 0 Å². The quantitative estimate of drug-likeness (QED) is 0.362. The lowest BCUT2D eigenvalue weighted by Crippen LogP contribution is -2.63. The molecule has 182 valence electrons. The minimum Gasteiger partial charge on any atom is -0.510 e. The molecule has 0 unspecified atom stereocenters. The van der Waals surface area contributed by atoms with Gasteiger partial charge in [-0.2, -0.15) is 0 Å². The number of hydrogen-bond donors (Lipinski definition) is 4. The molecule has 3 aliphatic rings. The van der Waals surface area contributed by atoms with Crippen LogP contribution in [0.2, 0.25) is 0 Å². The van der Waals surface area contributed by atoms with Crippen LogP contribution in [0.15, 0.2) is 40.9 Å². The molecule has 4 rings (SSSR count). The molecule has 1 amide bonds. The first kappa shape index (κ1) is 24.0. The Kier molecular flexibility index (Phi) is 6.03. The second-order valence-corrected chi connectivity index (χ2v) is 9.46. The van der Waals surface area contributed by atoms with Crippen molar-refractivity contribution in [2.75, 3.05) is 20.7 Å². The van der Waals surface area contributed by atoms with E-state index < -0.39 is 58.0 Å². The maximum absolute atomic E-state index is 13.6. The number of benzene rings is 1. The van der Waals surface area contributed by atoms with E-state index in [0.717, 1.165) is 18.4 Å². The summed E-state index contributed by atoms with van der Waals surface area (Å²) in [5.41, 5.74) is 3.01. The largest absolute Gasteiger partial charge is 0.510 e. The predicted octanol–water partition coefficient (Wildman–Crippen LogP) is 1.59. The van der Waals surface area contributed by atoms with Gasteiger partial charge in [-0.3, -0.25) is 19.3 Å². The number of primary amides is 1. The van der Waals surface area contributed by atoms with Gasteiger partial charge in [0.25, 0.3) is 5.91 Å². The molecule has 1 aromatic carbocycles. The highest BCUT2D eigenvalue weighted by Gasteiger charge is 2.63. The fourth-order valence-corrected chi connectivity index (χ4v) is 5.62. The SMILES string of the molecule is CCCCOc1cccc2c1C(=O)C1=C(O)[C@]3(O)C(=O)C(C(N)=O)=C(O)[C@@H](N(C)C)[C@H]3C[C@H]1C2. The van der Waals surface area contributed by atoms with E-state index in [1.807, 2.05) is 19.1 Å². The molecule has 5 N–H and O–H groups in total. The lowest BCUT2D eigenvalue weighted by Gasteiger charge is -2.50. The summed E-state index contributed by atoms with van der Waals surface area (Å²) in [5, 5.41) is 33.6. The zero-order valence-corrected chi connectivity index (χ0v) is 19.5. The van der Waals surface area contributed by atoms with Gasteiger partial charge in [0.15, 0.2) is 11.4 Å². The molecule has 0 radical (unpaired) electrons. The van der Waals surface area contributed by atoms with E-state index in [9.17, 15) is 29.7 Å². The molecule has 1 aromatic rings. The molecular weight excluding hydrogens is 440 g/mol. The van der Waals surface area contributed by atoms with Crippen molar-refractivity contribution in [3.8, 4) is 5.75 Å². The summed E-state index contributed by atoms with van der Waals surface area (Å²) in [6.45, 7) is 2.45. The molecule has 0 aliphatic heterocycles. The van der Waals surface area contributed by atoms with E-state index in [1.165, 1.54) is 0 Å². The van der Waals surface area contributed by atoms with Crippen LogP contribution in [0.4, 0.5) is 0 Å². The normalized spacial score (nSPS) is 28.6. The van der Waals surface area contributed by atoms with Crippen molar-refractivity contribution >= 4 is 17.5 Å². The summed E-state index contributed by atoms with van der Waals surface area (Å²) in [7, 11) is 3.24. The first-order chi connectivity index (χ1) is 16.0. The number of carbonyl (C=O) groups is 3. The number of fused-ring (bicyclic) bond motifs is 3. The molecule has 0 aromatic heterocycles. The van der Waals surface area contributed by atoms with Crippen molar-refractivity contribution in [2.24, 2.45) is 17.6 Å². The van der Waals surface area contributed by atoms with Gasteiger partial charge in [-0.25, -0.2) is 0 Å². The third-order valence-corrected chi connectivity index (χ3v) is 7.20. The van der Waals surface area contributed by atoms with Crippen LogP contribution < -0.4 is 10.5 Å². The van der Waals surface area contributed by atoms with Crippen LogP contribution in [0.25, 0.3) is 0 Å². The van der Waals surface area contributed by atoms with Crippen LogP contribution in [-0.4, -0.2) is 70.0 Å². The first-order valence-electron chi connectivity index (χ1n) is 11.4. The van der Waals surface area contributed by atoms with Crippen LogP contribution in [0, 0.1) is 11.8 Å². The lowest BCUT2D eigenvalue weighted by molar-refractivity contribution is -0.148. The van der Waals surface area contributed by atoms with E-state index in [4.69, 9.17) is 10.5 Å². The predicted molar refractivity (Wildman–Crippen MR) is 122 cm³/mol. The second kappa shape index (κ2) is 8.56. The van der Waals surface area contributed by atoms with Crippen LogP contribution in [0.1, 0.15) is 42.1 Å². The van der Waals surface area contributed by atoms with Gasteiger partial charge in [-0.15, -0.1) is 0 Å². The molecule has 0 spiro atoms. The van der Waals surface area contributed by atoms with Crippen LogP contribution in [0.5, 0.6) is 5.75 Å². The Balaban J connectivity index is 1.87. The highest BCUT2D eigenvalue weighted by atomic mass is 16.5. The Morgan fingerprint density at radius 2 is 1.97 bits per heavy atom. The Bertz CT molecular complexity index is 1140. The van der Waals surface area contributed by atoms with Gasteiger partial charge in [0.1, 0.15) is 22.8 Å². The molecular formula is C25H30N2O7. The summed E-state index contributed by atoms with van der Waals surface area (Å²) in [4.78, 5) is 40.5. The fourth-order valence-electron chi connectivity index (χ4n) is 5.62. The van der Waals surface area contributed by atoms with Gasteiger partial charge in [-0.05, 0) is 50.9 Å². The topological polar surface area (TPSA) is 150 Å². The van der Waals surface area contributed by atoms with E-state index in [2.05, 4.69) is 0 Å². The van der Waals surface area contributed by atoms with Gasteiger partial charge in [-0.1, -0.05) is 25.5 Å². The number of nitrogens with two attached hydrogens (primary N) is 1. The number of nitrogens with zero attached hydrogens (tertiary/aromatic N) is 1. The zero-order valence-electron chi connectivity index (χ0n) is 19.5. The number of rotatable bonds is 6. The fraction of sp³-hybridized carbons (Fsp3) is 0.480. The molecule has 3 aliphatic carbocycles. The Morgan fingerprint density at radius 1 is 1.26 bits per heavy atom. The van der Waals surface area contributed by atoms with Crippen molar-refractivity contribution in [3.63, 3.8) is 0 Å². The van der Waals surface area contributed by atoms with E-state index in [-0.39, 0.29) is 12.0 Å². The van der Waals surface area contributed by atoms with E-state index in [1.54, 1.807) is 25.1 Å². The standard InChI is InChI=1S/C25H30N2O7/c1-4-5-9-34-15-8-6-7-12-10-13-11-14-19(27(2)3)21(29)18(24(26)32)23(31)25(14,33)22(30)17(13)20(28)16(12)15/h6-8,13-14,19,29-30,33H,4-5,9-11H2,1-3H3,(H2,26,32)/t13-,14-,19+,25+/m1/s1. The number of likely N-dealkylation sites (N-methyl/N-ethyl adjacent to an activating group) is 1. The van der Waals surface area contributed by atoms with Gasteiger partial charge < -0.3 is 25.8 Å². The van der Waals surface area contributed by atoms with Crippen molar-refractivity contribution in [1.29, 1.82) is 0 Å². The minimum absolute atomic E-state index is 0.0612. The summed E-state index contributed by atoms with van der Waals surface area (Å²) in [6.07, 6.45) is 2.25. The third-order valence-electron chi connectivity index (χ3n) is 7.20. The first-order valence-corrected chi connectivity index (χ1v) is 11.4. The summed E-state index contributed by atoms with van der Waals surface area (Å²) in [6, 6.07) is 4.35. The number of unbranched alkanes of at least 4 members (excludes halogenated alkanes) is 1. The van der Waals surface area contributed by atoms with Gasteiger partial charge >= 0.3 is 0 Å². The van der Waals surface area contributed by atoms with Crippen molar-refractivity contribution in [2.45, 2.75) is 44.2 Å². The van der Waals surface area contributed by atoms with Crippen molar-refractivity contribution in [3.05, 3.63) is 52.0 Å². The zero-order chi connectivity index (χ0) is 24.9. The van der Waals surface area contributed by atoms with Gasteiger partial charge in [0.05, 0.1) is 18.2 Å². The van der Waals surface area contributed by atoms with Gasteiger partial charge in [0, 0.05) is 11.5 Å². The number of aliphatic hydroxyl groups excluding tert-OH is 2. The number of Topliss-reactive ketones (excluding diaryl/α,β-unsaturated/α-hetero) is 2. The Hall–Kier alpha value is -3.17. The number of aliphatic hydroxyl groups is 3. The average molecular weight is 471 g/mol. The molecule has 0 saturated carbocycles. The molecule has 34 heavy (non-hydrogen) atoms. The maximum atomic E-state index is 13.6. The van der Waals surface area contributed by atoms with Crippen molar-refractivity contribution < 1.29 is 34.4 Å². The number of ketones is 2. The Labute approximate surface area is 197 Å². The lowest BCUT2D eigenvalue weighted by atomic mass is 9.58. The number of ether oxygens (including phenoxy) is 1. The summed E-state index contributed by atoms with van der Waals surface area (Å²) >= 11 is 0. The summed E-state index contributed by atoms with van der Waals surface area (Å²) < 4.78 is 5.83.